The van der Waals surface area contributed by atoms with Crippen LogP contribution in [0.4, 0.5) is 20.3 Å². The Balaban J connectivity index is 1.29. The number of halogens is 2. The first-order valence-corrected chi connectivity index (χ1v) is 14.2. The molecule has 0 aliphatic carbocycles. The highest BCUT2D eigenvalue weighted by Crippen LogP contribution is 2.37. The number of anilines is 2. The molecule has 12 heteroatoms. The number of carbonyl (C=O) groups is 2. The molecule has 43 heavy (non-hydrogen) atoms. The molecule has 1 aliphatic heterocycles. The molecule has 5 aromatic rings. The summed E-state index contributed by atoms with van der Waals surface area (Å²) in [5.41, 5.74) is 9.28. The number of aryl methyl sites for hydroxylation is 1. The number of amides is 1. The van der Waals surface area contributed by atoms with Crippen molar-refractivity contribution in [1.82, 2.24) is 14.8 Å². The topological polar surface area (TPSA) is 115 Å². The number of para-hydroxylation sites is 1. The second-order valence-electron chi connectivity index (χ2n) is 10.2. The third-order valence-electron chi connectivity index (χ3n) is 7.27. The molecule has 3 heterocycles. The van der Waals surface area contributed by atoms with E-state index in [0.717, 1.165) is 16.6 Å². The molecule has 2 aromatic heterocycles. The Morgan fingerprint density at radius 3 is 2.65 bits per heavy atom. The predicted octanol–water partition coefficient (Wildman–Crippen LogP) is 5.54. The molecule has 0 bridgehead atoms. The number of aromatic amines is 1. The Hall–Kier alpha value is -4.76. The highest BCUT2D eigenvalue weighted by molar-refractivity contribution is 7.27. The van der Waals surface area contributed by atoms with Crippen LogP contribution in [0.15, 0.2) is 66.9 Å². The van der Waals surface area contributed by atoms with Crippen LogP contribution in [0.3, 0.4) is 0 Å². The predicted molar refractivity (Wildman–Crippen MR) is 163 cm³/mol. The Morgan fingerprint density at radius 1 is 1.12 bits per heavy atom. The molecule has 0 spiro atoms. The summed E-state index contributed by atoms with van der Waals surface area (Å²) in [6.45, 7) is 1.53. The van der Waals surface area contributed by atoms with Gasteiger partial charge in [-0.1, -0.05) is 18.2 Å². The van der Waals surface area contributed by atoms with E-state index in [1.54, 1.807) is 24.3 Å². The second kappa shape index (κ2) is 11.5. The maximum Gasteiger partial charge on any atom is 0.272 e. The van der Waals surface area contributed by atoms with Crippen molar-refractivity contribution in [3.8, 4) is 22.9 Å². The minimum absolute atomic E-state index is 0.117. The van der Waals surface area contributed by atoms with E-state index in [4.69, 9.17) is 15.2 Å². The summed E-state index contributed by atoms with van der Waals surface area (Å²) in [5, 5.41) is 5.87. The standard InChI is InChI=1S/C31H28F2N5O4P/c1-17-11-19(42-25-5-2-3-6-27(25)43)8-9-23(17)38-31(34)20(15-35-38)30(40)22-12-18-13-26(41-16-28(32)33)24(14-21(18)36-22)37-10-4-7-29(37)39/h2-3,5-6,8-9,11-15,28,36H,4,7,10,16,34,43H2,1H3. The molecule has 1 aliphatic rings. The number of nitrogens with one attached hydrogen (secondary N) is 1. The number of nitrogens with two attached hydrogens (primary N) is 1. The number of ether oxygens (including phenoxy) is 2. The van der Waals surface area contributed by atoms with Gasteiger partial charge in [-0.3, -0.25) is 9.59 Å². The van der Waals surface area contributed by atoms with E-state index in [9.17, 15) is 18.4 Å². The monoisotopic (exact) mass is 603 g/mol. The van der Waals surface area contributed by atoms with Gasteiger partial charge in [-0.05, 0) is 61.4 Å². The summed E-state index contributed by atoms with van der Waals surface area (Å²) < 4.78 is 38.8. The molecule has 220 valence electrons. The van der Waals surface area contributed by atoms with E-state index in [-0.39, 0.29) is 28.7 Å². The van der Waals surface area contributed by atoms with E-state index in [1.165, 1.54) is 15.8 Å². The number of fused-ring (bicyclic) bond motifs is 1. The molecule has 1 unspecified atom stereocenters. The van der Waals surface area contributed by atoms with Gasteiger partial charge in [0.25, 0.3) is 6.43 Å². The van der Waals surface area contributed by atoms with Crippen molar-refractivity contribution < 1.29 is 27.8 Å². The smallest absolute Gasteiger partial charge is 0.272 e. The van der Waals surface area contributed by atoms with Crippen LogP contribution in [-0.4, -0.2) is 46.0 Å². The number of nitrogens with zero attached hydrogens (tertiary/aromatic N) is 3. The molecular formula is C31H28F2N5O4P. The van der Waals surface area contributed by atoms with Crippen molar-refractivity contribution in [2.75, 3.05) is 23.8 Å². The maximum atomic E-state index is 13.6. The normalized spacial score (nSPS) is 13.3. The second-order valence-corrected chi connectivity index (χ2v) is 10.8. The van der Waals surface area contributed by atoms with Crippen LogP contribution in [-0.2, 0) is 4.79 Å². The highest BCUT2D eigenvalue weighted by Gasteiger charge is 2.27. The zero-order valence-electron chi connectivity index (χ0n) is 23.1. The first kappa shape index (κ1) is 28.4. The Morgan fingerprint density at radius 2 is 1.93 bits per heavy atom. The summed E-state index contributed by atoms with van der Waals surface area (Å²) in [6, 6.07) is 17.9. The largest absolute Gasteiger partial charge is 0.485 e. The zero-order valence-corrected chi connectivity index (χ0v) is 24.3. The van der Waals surface area contributed by atoms with Gasteiger partial charge in [0.15, 0.2) is 0 Å². The van der Waals surface area contributed by atoms with Crippen LogP contribution in [0, 0.1) is 6.92 Å². The Labute approximate surface area is 247 Å². The van der Waals surface area contributed by atoms with Gasteiger partial charge in [-0.15, -0.1) is 9.24 Å². The van der Waals surface area contributed by atoms with E-state index >= 15 is 0 Å². The van der Waals surface area contributed by atoms with Crippen molar-refractivity contribution in [2.24, 2.45) is 0 Å². The first-order chi connectivity index (χ1) is 20.7. The lowest BCUT2D eigenvalue weighted by atomic mass is 10.1. The number of rotatable bonds is 9. The van der Waals surface area contributed by atoms with Gasteiger partial charge >= 0.3 is 0 Å². The molecule has 0 radical (unpaired) electrons. The number of hydrogen-bond acceptors (Lipinski definition) is 6. The van der Waals surface area contributed by atoms with Gasteiger partial charge in [0.05, 0.1) is 28.8 Å². The number of hydrogen-bond donors (Lipinski definition) is 2. The van der Waals surface area contributed by atoms with Crippen molar-refractivity contribution in [1.29, 1.82) is 0 Å². The average molecular weight is 604 g/mol. The third-order valence-corrected chi connectivity index (χ3v) is 7.75. The van der Waals surface area contributed by atoms with Gasteiger partial charge < -0.3 is 25.1 Å². The minimum Gasteiger partial charge on any atom is -0.485 e. The van der Waals surface area contributed by atoms with Crippen molar-refractivity contribution >= 4 is 48.6 Å². The summed E-state index contributed by atoms with van der Waals surface area (Å²) in [4.78, 5) is 30.6. The fraction of sp³-hybridized carbons (Fsp3) is 0.194. The number of alkyl halides is 2. The van der Waals surface area contributed by atoms with Gasteiger partial charge in [-0.2, -0.15) is 5.10 Å². The summed E-state index contributed by atoms with van der Waals surface area (Å²) in [6.07, 6.45) is -0.252. The van der Waals surface area contributed by atoms with Crippen LogP contribution in [0.2, 0.25) is 0 Å². The molecule has 3 N–H and O–H groups in total. The lowest BCUT2D eigenvalue weighted by molar-refractivity contribution is -0.117. The van der Waals surface area contributed by atoms with Crippen LogP contribution in [0.1, 0.15) is 34.5 Å². The fourth-order valence-electron chi connectivity index (χ4n) is 5.15. The summed E-state index contributed by atoms with van der Waals surface area (Å²) in [5.74, 6) is 1.15. The minimum atomic E-state index is -2.68. The Kier molecular flexibility index (Phi) is 7.58. The van der Waals surface area contributed by atoms with E-state index in [0.29, 0.717) is 47.4 Å². The van der Waals surface area contributed by atoms with Gasteiger partial charge in [0.1, 0.15) is 29.7 Å². The molecule has 0 saturated carbocycles. The van der Waals surface area contributed by atoms with Crippen LogP contribution in [0.25, 0.3) is 16.6 Å². The van der Waals surface area contributed by atoms with Crippen molar-refractivity contribution in [2.45, 2.75) is 26.2 Å². The van der Waals surface area contributed by atoms with Gasteiger partial charge in [-0.25, -0.2) is 13.5 Å². The van der Waals surface area contributed by atoms with E-state index in [1.807, 2.05) is 43.3 Å². The quantitative estimate of drug-likeness (QED) is 0.169. The molecule has 3 aromatic carbocycles. The molecule has 9 nitrogen and oxygen atoms in total. The molecule has 1 atom stereocenters. The van der Waals surface area contributed by atoms with Gasteiger partial charge in [0.2, 0.25) is 11.7 Å². The lowest BCUT2D eigenvalue weighted by Crippen LogP contribution is -2.24. The van der Waals surface area contributed by atoms with Crippen molar-refractivity contribution in [3.63, 3.8) is 0 Å². The maximum absolute atomic E-state index is 13.6. The van der Waals surface area contributed by atoms with E-state index in [2.05, 4.69) is 19.3 Å². The third kappa shape index (κ3) is 5.56. The molecular weight excluding hydrogens is 575 g/mol. The number of ketones is 1. The average Bonchev–Trinajstić information content (AvgIpc) is 3.70. The Bertz CT molecular complexity index is 1870. The number of nitrogen functional groups attached to an aromatic ring is 1. The number of carbonyl (C=O) groups excluding carboxylic acids is 2. The van der Waals surface area contributed by atoms with Crippen molar-refractivity contribution in [3.05, 3.63) is 83.7 Å². The zero-order chi connectivity index (χ0) is 30.2. The molecule has 1 fully saturated rings. The lowest BCUT2D eigenvalue weighted by Gasteiger charge is -2.20. The molecule has 6 rings (SSSR count). The SMILES string of the molecule is Cc1cc(Oc2ccccc2P)ccc1-n1ncc(C(=O)c2cc3cc(OCC(F)F)c(N4CCCC4=O)cc3[nH]2)c1N. The number of H-pyrrole nitrogens is 1. The van der Waals surface area contributed by atoms with Crippen LogP contribution >= 0.6 is 9.24 Å². The number of aromatic nitrogens is 3. The number of benzene rings is 3. The highest BCUT2D eigenvalue weighted by atomic mass is 31.0. The van der Waals surface area contributed by atoms with Crippen LogP contribution in [0.5, 0.6) is 17.2 Å². The molecule has 1 saturated heterocycles. The van der Waals surface area contributed by atoms with Gasteiger partial charge in [0, 0.05) is 29.2 Å². The van der Waals surface area contributed by atoms with E-state index < -0.39 is 18.8 Å². The van der Waals surface area contributed by atoms with Crippen LogP contribution < -0.4 is 25.4 Å². The summed E-state index contributed by atoms with van der Waals surface area (Å²) in [7, 11) is 2.64. The summed E-state index contributed by atoms with van der Waals surface area (Å²) >= 11 is 0. The fourth-order valence-corrected chi connectivity index (χ4v) is 5.42. The first-order valence-electron chi connectivity index (χ1n) is 13.6. The molecule has 1 amide bonds.